The standard InChI is InChI=1S/C21H22F2N2O7S/c1-11-4-7-13(33(28,29)25-12-5-6-12)8-14(11)19(26)24-16-10-18(32-21(22)23)17(30-2)9-15(16)20(27)31-3/h4,7-10,12,21,25H,5-6H2,1-3H3,(H,24,26). The molecule has 9 nitrogen and oxygen atoms in total. The van der Waals surface area contributed by atoms with Crippen LogP contribution in [0.2, 0.25) is 0 Å². The molecule has 3 rings (SSSR count). The molecule has 0 aliphatic heterocycles. The number of benzene rings is 2. The monoisotopic (exact) mass is 484 g/mol. The molecule has 33 heavy (non-hydrogen) atoms. The van der Waals surface area contributed by atoms with Gasteiger partial charge in [0.15, 0.2) is 11.5 Å². The molecular formula is C21H22F2N2O7S. The Morgan fingerprint density at radius 2 is 1.76 bits per heavy atom. The smallest absolute Gasteiger partial charge is 0.387 e. The summed E-state index contributed by atoms with van der Waals surface area (Å²) in [5, 5.41) is 2.44. The molecule has 2 aromatic rings. The average Bonchev–Trinajstić information content (AvgIpc) is 3.56. The topological polar surface area (TPSA) is 120 Å². The third-order valence-electron chi connectivity index (χ3n) is 4.84. The van der Waals surface area contributed by atoms with Gasteiger partial charge in [0.25, 0.3) is 5.91 Å². The van der Waals surface area contributed by atoms with Crippen LogP contribution in [0.3, 0.4) is 0 Å². The van der Waals surface area contributed by atoms with E-state index in [1.165, 1.54) is 25.3 Å². The van der Waals surface area contributed by atoms with Crippen molar-refractivity contribution in [2.24, 2.45) is 0 Å². The highest BCUT2D eigenvalue weighted by molar-refractivity contribution is 7.89. The normalized spacial score (nSPS) is 13.5. The molecule has 1 fully saturated rings. The zero-order valence-corrected chi connectivity index (χ0v) is 18.8. The number of methoxy groups -OCH3 is 2. The van der Waals surface area contributed by atoms with E-state index in [2.05, 4.69) is 14.8 Å². The van der Waals surface area contributed by atoms with Gasteiger partial charge in [-0.2, -0.15) is 8.78 Å². The van der Waals surface area contributed by atoms with Crippen molar-refractivity contribution in [3.8, 4) is 11.5 Å². The third kappa shape index (κ3) is 5.76. The summed E-state index contributed by atoms with van der Waals surface area (Å²) in [6, 6.07) is 6.01. The predicted octanol–water partition coefficient (Wildman–Crippen LogP) is 3.08. The van der Waals surface area contributed by atoms with Crippen molar-refractivity contribution in [3.63, 3.8) is 0 Å². The molecule has 2 aromatic carbocycles. The molecule has 1 aliphatic rings. The highest BCUT2D eigenvalue weighted by atomic mass is 32.2. The van der Waals surface area contributed by atoms with Gasteiger partial charge < -0.3 is 19.5 Å². The molecule has 0 bridgehead atoms. The van der Waals surface area contributed by atoms with Gasteiger partial charge in [-0.1, -0.05) is 6.07 Å². The maximum Gasteiger partial charge on any atom is 0.387 e. The predicted molar refractivity (Wildman–Crippen MR) is 113 cm³/mol. The van der Waals surface area contributed by atoms with Crippen molar-refractivity contribution in [2.75, 3.05) is 19.5 Å². The van der Waals surface area contributed by atoms with Crippen LogP contribution in [-0.2, 0) is 14.8 Å². The molecule has 1 aliphatic carbocycles. The molecule has 0 saturated heterocycles. The molecule has 2 N–H and O–H groups in total. The van der Waals surface area contributed by atoms with Crippen LogP contribution in [0.1, 0.15) is 39.1 Å². The van der Waals surface area contributed by atoms with E-state index in [1.807, 2.05) is 0 Å². The number of aryl methyl sites for hydroxylation is 1. The van der Waals surface area contributed by atoms with Crippen molar-refractivity contribution in [2.45, 2.75) is 37.3 Å². The quantitative estimate of drug-likeness (QED) is 0.525. The van der Waals surface area contributed by atoms with Crippen molar-refractivity contribution in [1.82, 2.24) is 4.72 Å². The van der Waals surface area contributed by atoms with Crippen molar-refractivity contribution in [3.05, 3.63) is 47.0 Å². The fourth-order valence-electron chi connectivity index (χ4n) is 2.98. The van der Waals surface area contributed by atoms with E-state index >= 15 is 0 Å². The number of hydrogen-bond acceptors (Lipinski definition) is 7. The van der Waals surface area contributed by atoms with E-state index in [9.17, 15) is 26.8 Å². The van der Waals surface area contributed by atoms with E-state index in [0.29, 0.717) is 5.56 Å². The maximum atomic E-state index is 13.0. The lowest BCUT2D eigenvalue weighted by Crippen LogP contribution is -2.26. The summed E-state index contributed by atoms with van der Waals surface area (Å²) in [4.78, 5) is 25.1. The fraction of sp³-hybridized carbons (Fsp3) is 0.333. The molecule has 12 heteroatoms. The summed E-state index contributed by atoms with van der Waals surface area (Å²) in [5.74, 6) is -2.23. The van der Waals surface area contributed by atoms with E-state index in [4.69, 9.17) is 9.47 Å². The van der Waals surface area contributed by atoms with Gasteiger partial charge in [-0.3, -0.25) is 4.79 Å². The minimum absolute atomic E-state index is 0.0108. The van der Waals surface area contributed by atoms with Gasteiger partial charge in [-0.25, -0.2) is 17.9 Å². The van der Waals surface area contributed by atoms with Crippen molar-refractivity contribution in [1.29, 1.82) is 0 Å². The summed E-state index contributed by atoms with van der Waals surface area (Å²) < 4.78 is 67.3. The van der Waals surface area contributed by atoms with Gasteiger partial charge in [-0.05, 0) is 37.5 Å². The van der Waals surface area contributed by atoms with Crippen LogP contribution in [0.15, 0.2) is 35.2 Å². The first-order valence-corrected chi connectivity index (χ1v) is 11.2. The van der Waals surface area contributed by atoms with E-state index in [1.54, 1.807) is 6.92 Å². The summed E-state index contributed by atoms with van der Waals surface area (Å²) in [6.45, 7) is -1.59. The lowest BCUT2D eigenvalue weighted by atomic mass is 10.1. The van der Waals surface area contributed by atoms with Gasteiger partial charge in [0, 0.05) is 23.7 Å². The Labute approximate surface area is 189 Å². The van der Waals surface area contributed by atoms with E-state index < -0.39 is 34.3 Å². The largest absolute Gasteiger partial charge is 0.493 e. The number of esters is 1. The van der Waals surface area contributed by atoms with Crippen LogP contribution in [-0.4, -0.2) is 47.2 Å². The van der Waals surface area contributed by atoms with Crippen LogP contribution in [0, 0.1) is 6.92 Å². The molecule has 0 heterocycles. The Hall–Kier alpha value is -3.25. The lowest BCUT2D eigenvalue weighted by molar-refractivity contribution is -0.0511. The molecule has 0 atom stereocenters. The maximum absolute atomic E-state index is 13.0. The van der Waals surface area contributed by atoms with Gasteiger partial charge >= 0.3 is 12.6 Å². The molecule has 0 spiro atoms. The number of carbonyl (C=O) groups excluding carboxylic acids is 2. The third-order valence-corrected chi connectivity index (χ3v) is 6.35. The van der Waals surface area contributed by atoms with Crippen LogP contribution in [0.25, 0.3) is 0 Å². The second kappa shape index (κ2) is 9.71. The number of ether oxygens (including phenoxy) is 3. The highest BCUT2D eigenvalue weighted by Gasteiger charge is 2.29. The Balaban J connectivity index is 1.99. The molecule has 0 aromatic heterocycles. The van der Waals surface area contributed by atoms with Crippen molar-refractivity contribution < 1.29 is 41.0 Å². The Morgan fingerprint density at radius 1 is 1.06 bits per heavy atom. The number of nitrogens with one attached hydrogen (secondary N) is 2. The Bertz CT molecular complexity index is 1180. The summed E-state index contributed by atoms with van der Waals surface area (Å²) in [5.41, 5.74) is 0.0971. The molecule has 0 unspecified atom stereocenters. The van der Waals surface area contributed by atoms with E-state index in [0.717, 1.165) is 32.1 Å². The number of sulfonamides is 1. The van der Waals surface area contributed by atoms with E-state index in [-0.39, 0.29) is 33.5 Å². The van der Waals surface area contributed by atoms with Gasteiger partial charge in [0.1, 0.15) is 0 Å². The van der Waals surface area contributed by atoms with Crippen LogP contribution < -0.4 is 19.5 Å². The summed E-state index contributed by atoms with van der Waals surface area (Å²) in [7, 11) is -1.52. The van der Waals surface area contributed by atoms with Crippen LogP contribution >= 0.6 is 0 Å². The first-order valence-electron chi connectivity index (χ1n) is 9.75. The zero-order chi connectivity index (χ0) is 24.3. The molecule has 1 amide bonds. The second-order valence-electron chi connectivity index (χ2n) is 7.25. The number of carbonyl (C=O) groups is 2. The first-order chi connectivity index (χ1) is 15.6. The molecule has 178 valence electrons. The van der Waals surface area contributed by atoms with Crippen LogP contribution in [0.5, 0.6) is 11.5 Å². The Morgan fingerprint density at radius 3 is 2.33 bits per heavy atom. The number of hydrogen-bond donors (Lipinski definition) is 2. The zero-order valence-electron chi connectivity index (χ0n) is 18.0. The summed E-state index contributed by atoms with van der Waals surface area (Å²) in [6.07, 6.45) is 1.49. The first kappa shape index (κ1) is 24.4. The minimum Gasteiger partial charge on any atom is -0.493 e. The van der Waals surface area contributed by atoms with Gasteiger partial charge in [0.05, 0.1) is 30.4 Å². The fourth-order valence-corrected chi connectivity index (χ4v) is 4.31. The molecule has 1 saturated carbocycles. The number of alkyl halides is 2. The van der Waals surface area contributed by atoms with Gasteiger partial charge in [-0.15, -0.1) is 0 Å². The Kier molecular flexibility index (Phi) is 7.18. The average molecular weight is 484 g/mol. The number of amides is 1. The number of anilines is 1. The SMILES string of the molecule is COC(=O)c1cc(OC)c(OC(F)F)cc1NC(=O)c1cc(S(=O)(=O)NC2CC2)ccc1C. The van der Waals surface area contributed by atoms with Crippen molar-refractivity contribution >= 4 is 27.6 Å². The molecular weight excluding hydrogens is 462 g/mol. The molecule has 0 radical (unpaired) electrons. The van der Waals surface area contributed by atoms with Crippen LogP contribution in [0.4, 0.5) is 14.5 Å². The summed E-state index contributed by atoms with van der Waals surface area (Å²) >= 11 is 0. The van der Waals surface area contributed by atoms with Gasteiger partial charge in [0.2, 0.25) is 10.0 Å². The lowest BCUT2D eigenvalue weighted by Gasteiger charge is -2.16. The number of rotatable bonds is 9. The number of halogens is 2. The highest BCUT2D eigenvalue weighted by Crippen LogP contribution is 2.35. The second-order valence-corrected chi connectivity index (χ2v) is 8.96. The minimum atomic E-state index is -3.82.